The molecule has 1 aliphatic carbocycles. The molecule has 1 saturated carbocycles. The second-order valence-electron chi connectivity index (χ2n) is 6.02. The highest BCUT2D eigenvalue weighted by Gasteiger charge is 2.33. The van der Waals surface area contributed by atoms with Crippen molar-refractivity contribution in [3.05, 3.63) is 0 Å². The van der Waals surface area contributed by atoms with E-state index < -0.39 is 0 Å². The minimum absolute atomic E-state index is 0. The molecule has 0 aromatic heterocycles. The molecule has 1 aliphatic heterocycles. The molecule has 1 amide bonds. The molecule has 1 unspecified atom stereocenters. The third-order valence-electron chi connectivity index (χ3n) is 4.22. The summed E-state index contributed by atoms with van der Waals surface area (Å²) in [6.45, 7) is 5.44. The van der Waals surface area contributed by atoms with Crippen molar-refractivity contribution in [1.29, 1.82) is 0 Å². The third-order valence-corrected chi connectivity index (χ3v) is 4.22. The highest BCUT2D eigenvalue weighted by Crippen LogP contribution is 2.28. The van der Waals surface area contributed by atoms with Gasteiger partial charge in [0.25, 0.3) is 0 Å². The molecular formula is C13H26ClN3O. The Hall–Kier alpha value is -0.320. The van der Waals surface area contributed by atoms with E-state index in [9.17, 15) is 4.79 Å². The Morgan fingerprint density at radius 2 is 2.11 bits per heavy atom. The van der Waals surface area contributed by atoms with Gasteiger partial charge in [0.05, 0.1) is 6.54 Å². The van der Waals surface area contributed by atoms with Gasteiger partial charge in [-0.25, -0.2) is 0 Å². The minimum atomic E-state index is 0. The van der Waals surface area contributed by atoms with Crippen molar-refractivity contribution in [1.82, 2.24) is 10.2 Å². The zero-order valence-electron chi connectivity index (χ0n) is 11.3. The van der Waals surface area contributed by atoms with Gasteiger partial charge in [-0.05, 0) is 37.8 Å². The maximum atomic E-state index is 11.9. The van der Waals surface area contributed by atoms with Crippen LogP contribution in [0.15, 0.2) is 0 Å². The predicted molar refractivity (Wildman–Crippen MR) is 75.9 cm³/mol. The zero-order chi connectivity index (χ0) is 12.3. The molecule has 0 spiro atoms. The summed E-state index contributed by atoms with van der Waals surface area (Å²) in [7, 11) is 0. The van der Waals surface area contributed by atoms with Crippen molar-refractivity contribution in [2.24, 2.45) is 11.1 Å². The number of amides is 1. The summed E-state index contributed by atoms with van der Waals surface area (Å²) in [4.78, 5) is 14.1. The summed E-state index contributed by atoms with van der Waals surface area (Å²) in [5, 5.41) is 3.14. The Bertz CT molecular complexity index is 281. The molecule has 2 fully saturated rings. The molecule has 2 rings (SSSR count). The fraction of sp³-hybridized carbons (Fsp3) is 0.923. The summed E-state index contributed by atoms with van der Waals surface area (Å²) in [5.41, 5.74) is 5.98. The number of nitrogens with zero attached hydrogens (tertiary/aromatic N) is 1. The summed E-state index contributed by atoms with van der Waals surface area (Å²) in [5.74, 6) is 0.193. The zero-order valence-corrected chi connectivity index (χ0v) is 12.1. The van der Waals surface area contributed by atoms with E-state index in [4.69, 9.17) is 5.73 Å². The smallest absolute Gasteiger partial charge is 0.234 e. The Kier molecular flexibility index (Phi) is 5.89. The van der Waals surface area contributed by atoms with Crippen molar-refractivity contribution in [3.8, 4) is 0 Å². The average Bonchev–Trinajstić information content (AvgIpc) is 2.90. The van der Waals surface area contributed by atoms with Gasteiger partial charge in [0, 0.05) is 12.6 Å². The van der Waals surface area contributed by atoms with E-state index in [0.717, 1.165) is 32.4 Å². The van der Waals surface area contributed by atoms with Crippen LogP contribution in [-0.2, 0) is 4.79 Å². The van der Waals surface area contributed by atoms with Gasteiger partial charge in [0.1, 0.15) is 0 Å². The fourth-order valence-corrected chi connectivity index (χ4v) is 2.97. The second-order valence-corrected chi connectivity index (χ2v) is 6.02. The summed E-state index contributed by atoms with van der Waals surface area (Å²) in [6, 6.07) is 0.436. The van der Waals surface area contributed by atoms with Crippen molar-refractivity contribution in [3.63, 3.8) is 0 Å². The summed E-state index contributed by atoms with van der Waals surface area (Å²) in [6.07, 6.45) is 5.96. The van der Waals surface area contributed by atoms with Crippen LogP contribution >= 0.6 is 12.4 Å². The first kappa shape index (κ1) is 15.7. The Morgan fingerprint density at radius 1 is 1.44 bits per heavy atom. The van der Waals surface area contributed by atoms with Crippen LogP contribution in [-0.4, -0.2) is 43.0 Å². The first-order valence-corrected chi connectivity index (χ1v) is 6.83. The molecule has 5 heteroatoms. The normalized spacial score (nSPS) is 29.2. The first-order valence-electron chi connectivity index (χ1n) is 6.83. The van der Waals surface area contributed by atoms with Gasteiger partial charge < -0.3 is 11.1 Å². The quantitative estimate of drug-likeness (QED) is 0.809. The van der Waals surface area contributed by atoms with Crippen LogP contribution in [0.4, 0.5) is 0 Å². The molecule has 0 radical (unpaired) electrons. The Labute approximate surface area is 116 Å². The van der Waals surface area contributed by atoms with Crippen LogP contribution in [0.1, 0.15) is 39.0 Å². The second kappa shape index (κ2) is 6.73. The van der Waals surface area contributed by atoms with E-state index in [1.54, 1.807) is 0 Å². The van der Waals surface area contributed by atoms with Gasteiger partial charge in [0.15, 0.2) is 0 Å². The third kappa shape index (κ3) is 4.11. The summed E-state index contributed by atoms with van der Waals surface area (Å²) >= 11 is 0. The number of hydrogen-bond donors (Lipinski definition) is 2. The van der Waals surface area contributed by atoms with E-state index in [2.05, 4.69) is 17.1 Å². The Morgan fingerprint density at radius 3 is 2.67 bits per heavy atom. The molecule has 0 aromatic rings. The topological polar surface area (TPSA) is 58.4 Å². The van der Waals surface area contributed by atoms with Crippen LogP contribution in [0.3, 0.4) is 0 Å². The Balaban J connectivity index is 0.00000162. The van der Waals surface area contributed by atoms with E-state index in [0.29, 0.717) is 19.1 Å². The lowest BCUT2D eigenvalue weighted by Gasteiger charge is -2.22. The lowest BCUT2D eigenvalue weighted by atomic mass is 9.90. The molecule has 106 valence electrons. The minimum Gasteiger partial charge on any atom is -0.352 e. The molecular weight excluding hydrogens is 250 g/mol. The number of nitrogens with two attached hydrogens (primary N) is 1. The summed E-state index contributed by atoms with van der Waals surface area (Å²) < 4.78 is 0. The van der Waals surface area contributed by atoms with Gasteiger partial charge in [-0.15, -0.1) is 12.4 Å². The molecule has 1 heterocycles. The standard InChI is InChI=1S/C13H25N3O.ClH/c1-13(9-14)6-7-16(10-13)8-12(17)15-11-4-2-3-5-11;/h11H,2-10,14H2,1H3,(H,15,17);1H. The highest BCUT2D eigenvalue weighted by molar-refractivity contribution is 5.85. The van der Waals surface area contributed by atoms with E-state index >= 15 is 0 Å². The van der Waals surface area contributed by atoms with Crippen LogP contribution in [0.25, 0.3) is 0 Å². The fourth-order valence-electron chi connectivity index (χ4n) is 2.97. The molecule has 1 atom stereocenters. The van der Waals surface area contributed by atoms with E-state index in [1.165, 1.54) is 12.8 Å². The van der Waals surface area contributed by atoms with Gasteiger partial charge >= 0.3 is 0 Å². The number of carbonyl (C=O) groups is 1. The van der Waals surface area contributed by atoms with E-state index in [1.807, 2.05) is 0 Å². The highest BCUT2D eigenvalue weighted by atomic mass is 35.5. The number of likely N-dealkylation sites (tertiary alicyclic amines) is 1. The average molecular weight is 276 g/mol. The molecule has 18 heavy (non-hydrogen) atoms. The molecule has 1 saturated heterocycles. The van der Waals surface area contributed by atoms with Crippen molar-refractivity contribution in [2.75, 3.05) is 26.2 Å². The van der Waals surface area contributed by atoms with Crippen molar-refractivity contribution in [2.45, 2.75) is 45.1 Å². The molecule has 0 aromatic carbocycles. The van der Waals surface area contributed by atoms with Crippen LogP contribution < -0.4 is 11.1 Å². The molecule has 2 aliphatic rings. The lowest BCUT2D eigenvalue weighted by Crippen LogP contribution is -2.41. The van der Waals surface area contributed by atoms with Gasteiger partial charge in [-0.2, -0.15) is 0 Å². The maximum absolute atomic E-state index is 11.9. The number of carbonyl (C=O) groups excluding carboxylic acids is 1. The predicted octanol–water partition coefficient (Wildman–Crippen LogP) is 1.14. The van der Waals surface area contributed by atoms with Crippen LogP contribution in [0, 0.1) is 5.41 Å². The van der Waals surface area contributed by atoms with Gasteiger partial charge in [0.2, 0.25) is 5.91 Å². The van der Waals surface area contributed by atoms with Gasteiger partial charge in [-0.1, -0.05) is 19.8 Å². The van der Waals surface area contributed by atoms with Crippen molar-refractivity contribution < 1.29 is 4.79 Å². The number of nitrogens with one attached hydrogen (secondary N) is 1. The monoisotopic (exact) mass is 275 g/mol. The number of halogens is 1. The number of hydrogen-bond acceptors (Lipinski definition) is 3. The molecule has 4 nitrogen and oxygen atoms in total. The maximum Gasteiger partial charge on any atom is 0.234 e. The number of rotatable bonds is 4. The van der Waals surface area contributed by atoms with Gasteiger partial charge in [-0.3, -0.25) is 9.69 Å². The SMILES string of the molecule is CC1(CN)CCN(CC(=O)NC2CCCC2)C1.Cl. The lowest BCUT2D eigenvalue weighted by molar-refractivity contribution is -0.122. The van der Waals surface area contributed by atoms with Crippen molar-refractivity contribution >= 4 is 18.3 Å². The molecule has 0 bridgehead atoms. The first-order chi connectivity index (χ1) is 8.11. The van der Waals surface area contributed by atoms with Crippen LogP contribution in [0.2, 0.25) is 0 Å². The largest absolute Gasteiger partial charge is 0.352 e. The molecule has 3 N–H and O–H groups in total. The van der Waals surface area contributed by atoms with E-state index in [-0.39, 0.29) is 23.7 Å². The van der Waals surface area contributed by atoms with Crippen LogP contribution in [0.5, 0.6) is 0 Å².